The van der Waals surface area contributed by atoms with E-state index < -0.39 is 0 Å². The van der Waals surface area contributed by atoms with Crippen molar-refractivity contribution < 1.29 is 4.74 Å². The smallest absolute Gasteiger partial charge is 0.101 e. The highest BCUT2D eigenvalue weighted by Gasteiger charge is 2.10. The second-order valence-electron chi connectivity index (χ2n) is 3.35. The Bertz CT molecular complexity index is 250. The zero-order chi connectivity index (χ0) is 10.4. The van der Waals surface area contributed by atoms with E-state index >= 15 is 0 Å². The lowest BCUT2D eigenvalue weighted by Crippen LogP contribution is -2.39. The number of rotatable bonds is 2. The maximum absolute atomic E-state index is 5.27. The number of allylic oxidation sites excluding steroid dienone is 2. The van der Waals surface area contributed by atoms with E-state index in [2.05, 4.69) is 16.5 Å². The highest BCUT2D eigenvalue weighted by atomic mass is 16.5. The maximum atomic E-state index is 5.27. The lowest BCUT2D eigenvalue weighted by molar-refractivity contribution is 0.0678. The molecule has 0 spiro atoms. The van der Waals surface area contributed by atoms with E-state index in [1.54, 1.807) is 6.08 Å². The van der Waals surface area contributed by atoms with Crippen molar-refractivity contribution in [1.29, 1.82) is 0 Å². The van der Waals surface area contributed by atoms with E-state index in [0.717, 1.165) is 37.7 Å². The van der Waals surface area contributed by atoms with Crippen LogP contribution in [0.15, 0.2) is 29.4 Å². The third-order valence-corrected chi connectivity index (χ3v) is 2.25. The van der Waals surface area contributed by atoms with Crippen LogP contribution in [0, 0.1) is 0 Å². The van der Waals surface area contributed by atoms with Gasteiger partial charge in [-0.3, -0.25) is 0 Å². The minimum Gasteiger partial charge on any atom is -0.378 e. The van der Waals surface area contributed by atoms with Gasteiger partial charge in [-0.05, 0) is 19.4 Å². The second-order valence-corrected chi connectivity index (χ2v) is 3.35. The number of hydrogen-bond donors (Lipinski definition) is 0. The molecule has 1 aliphatic rings. The van der Waals surface area contributed by atoms with Crippen LogP contribution < -0.4 is 0 Å². The molecular formula is C11H18N2O. The highest BCUT2D eigenvalue weighted by molar-refractivity contribution is 5.80. The standard InChI is InChI=1S/C11H18N2O/c1-4-10(2)9-12-11(3)13-5-7-14-8-6-13/h4,9H,1,5-8H2,2-3H3/b10-9-,12-11+. The van der Waals surface area contributed by atoms with Crippen LogP contribution in [0.2, 0.25) is 0 Å². The Morgan fingerprint density at radius 2 is 2.00 bits per heavy atom. The minimum absolute atomic E-state index is 0.803. The third kappa shape index (κ3) is 3.34. The molecule has 0 aliphatic carbocycles. The summed E-state index contributed by atoms with van der Waals surface area (Å²) in [4.78, 5) is 6.60. The van der Waals surface area contributed by atoms with Gasteiger partial charge in [-0.25, -0.2) is 4.99 Å². The Morgan fingerprint density at radius 1 is 1.36 bits per heavy atom. The normalized spacial score (nSPS) is 19.7. The van der Waals surface area contributed by atoms with Crippen LogP contribution in [0.3, 0.4) is 0 Å². The second kappa shape index (κ2) is 5.60. The van der Waals surface area contributed by atoms with Gasteiger partial charge in [-0.2, -0.15) is 0 Å². The first-order valence-corrected chi connectivity index (χ1v) is 4.90. The van der Waals surface area contributed by atoms with Gasteiger partial charge in [0.15, 0.2) is 0 Å². The Labute approximate surface area is 85.8 Å². The summed E-state index contributed by atoms with van der Waals surface area (Å²) in [7, 11) is 0. The van der Waals surface area contributed by atoms with E-state index in [0.29, 0.717) is 0 Å². The van der Waals surface area contributed by atoms with Crippen molar-refractivity contribution >= 4 is 5.84 Å². The maximum Gasteiger partial charge on any atom is 0.101 e. The molecule has 0 amide bonds. The molecule has 0 unspecified atom stereocenters. The van der Waals surface area contributed by atoms with Crippen LogP contribution >= 0.6 is 0 Å². The number of nitrogens with zero attached hydrogens (tertiary/aromatic N) is 2. The summed E-state index contributed by atoms with van der Waals surface area (Å²) in [6, 6.07) is 0. The zero-order valence-corrected chi connectivity index (χ0v) is 8.99. The van der Waals surface area contributed by atoms with Crippen LogP contribution in [-0.2, 0) is 4.74 Å². The number of hydrogen-bond acceptors (Lipinski definition) is 2. The van der Waals surface area contributed by atoms with Gasteiger partial charge in [-0.15, -0.1) is 0 Å². The molecule has 1 rings (SSSR count). The van der Waals surface area contributed by atoms with Gasteiger partial charge in [-0.1, -0.05) is 12.7 Å². The summed E-state index contributed by atoms with van der Waals surface area (Å²) in [5.41, 5.74) is 1.08. The van der Waals surface area contributed by atoms with E-state index in [4.69, 9.17) is 4.74 Å². The molecule has 1 saturated heterocycles. The van der Waals surface area contributed by atoms with Crippen molar-refractivity contribution in [1.82, 2.24) is 4.90 Å². The third-order valence-electron chi connectivity index (χ3n) is 2.25. The van der Waals surface area contributed by atoms with Gasteiger partial charge < -0.3 is 9.64 Å². The molecule has 0 bridgehead atoms. The van der Waals surface area contributed by atoms with Crippen LogP contribution in [0.4, 0.5) is 0 Å². The lowest BCUT2D eigenvalue weighted by atomic mass is 10.3. The van der Waals surface area contributed by atoms with Crippen LogP contribution in [-0.4, -0.2) is 37.0 Å². The first kappa shape index (κ1) is 11.0. The molecule has 1 fully saturated rings. The lowest BCUT2D eigenvalue weighted by Gasteiger charge is -2.27. The summed E-state index contributed by atoms with van der Waals surface area (Å²) in [5.74, 6) is 1.05. The Hall–Kier alpha value is -1.09. The molecule has 0 N–H and O–H groups in total. The van der Waals surface area contributed by atoms with E-state index in [1.807, 2.05) is 20.0 Å². The summed E-state index contributed by atoms with van der Waals surface area (Å²) in [6.45, 7) is 11.2. The van der Waals surface area contributed by atoms with Gasteiger partial charge in [0.2, 0.25) is 0 Å². The molecule has 3 nitrogen and oxygen atoms in total. The molecule has 0 radical (unpaired) electrons. The number of morpholine rings is 1. The van der Waals surface area contributed by atoms with Crippen LogP contribution in [0.5, 0.6) is 0 Å². The SMILES string of the molecule is C=C/C(C)=C\N=C(/C)N1CCOCC1. The molecule has 14 heavy (non-hydrogen) atoms. The number of ether oxygens (including phenoxy) is 1. The van der Waals surface area contributed by atoms with E-state index in [-0.39, 0.29) is 0 Å². The predicted molar refractivity (Wildman–Crippen MR) is 59.5 cm³/mol. The molecule has 0 aromatic heterocycles. The fraction of sp³-hybridized carbons (Fsp3) is 0.545. The van der Waals surface area contributed by atoms with Crippen molar-refractivity contribution in [3.63, 3.8) is 0 Å². The van der Waals surface area contributed by atoms with Gasteiger partial charge >= 0.3 is 0 Å². The summed E-state index contributed by atoms with van der Waals surface area (Å²) < 4.78 is 5.27. The Morgan fingerprint density at radius 3 is 2.57 bits per heavy atom. The van der Waals surface area contributed by atoms with E-state index in [1.165, 1.54) is 0 Å². The average molecular weight is 194 g/mol. The number of amidine groups is 1. The van der Waals surface area contributed by atoms with Crippen molar-refractivity contribution in [3.8, 4) is 0 Å². The molecule has 0 saturated carbocycles. The van der Waals surface area contributed by atoms with Gasteiger partial charge in [0.1, 0.15) is 5.84 Å². The number of aliphatic imine (C=N–C) groups is 1. The minimum atomic E-state index is 0.803. The quantitative estimate of drug-likeness (QED) is 0.380. The van der Waals surface area contributed by atoms with Crippen molar-refractivity contribution in [2.24, 2.45) is 4.99 Å². The largest absolute Gasteiger partial charge is 0.378 e. The van der Waals surface area contributed by atoms with Gasteiger partial charge in [0.05, 0.1) is 13.2 Å². The zero-order valence-electron chi connectivity index (χ0n) is 8.99. The highest BCUT2D eigenvalue weighted by Crippen LogP contribution is 2.00. The molecule has 0 atom stereocenters. The van der Waals surface area contributed by atoms with Crippen molar-refractivity contribution in [2.45, 2.75) is 13.8 Å². The van der Waals surface area contributed by atoms with Crippen molar-refractivity contribution in [2.75, 3.05) is 26.3 Å². The molecule has 0 aromatic rings. The van der Waals surface area contributed by atoms with Crippen LogP contribution in [0.1, 0.15) is 13.8 Å². The Balaban J connectivity index is 2.53. The fourth-order valence-corrected chi connectivity index (χ4v) is 1.22. The molecule has 0 aromatic carbocycles. The van der Waals surface area contributed by atoms with Crippen LogP contribution in [0.25, 0.3) is 0 Å². The summed E-state index contributed by atoms with van der Waals surface area (Å²) >= 11 is 0. The van der Waals surface area contributed by atoms with Gasteiger partial charge in [0, 0.05) is 19.3 Å². The predicted octanol–water partition coefficient (Wildman–Crippen LogP) is 1.83. The molecule has 78 valence electrons. The monoisotopic (exact) mass is 194 g/mol. The molecule has 1 heterocycles. The Kier molecular flexibility index (Phi) is 4.40. The summed E-state index contributed by atoms with van der Waals surface area (Å²) in [5, 5.41) is 0. The first-order valence-electron chi connectivity index (χ1n) is 4.90. The molecular weight excluding hydrogens is 176 g/mol. The first-order chi connectivity index (χ1) is 6.74. The molecule has 1 aliphatic heterocycles. The molecule has 3 heteroatoms. The van der Waals surface area contributed by atoms with E-state index in [9.17, 15) is 0 Å². The summed E-state index contributed by atoms with van der Waals surface area (Å²) in [6.07, 6.45) is 3.65. The van der Waals surface area contributed by atoms with Gasteiger partial charge in [0.25, 0.3) is 0 Å². The topological polar surface area (TPSA) is 24.8 Å². The van der Waals surface area contributed by atoms with Crippen molar-refractivity contribution in [3.05, 3.63) is 24.4 Å². The average Bonchev–Trinajstić information content (AvgIpc) is 2.26. The fourth-order valence-electron chi connectivity index (χ4n) is 1.22.